The topological polar surface area (TPSA) is 93.8 Å². The highest BCUT2D eigenvalue weighted by molar-refractivity contribution is 7.98. The number of nitrogens with one attached hydrogen (secondary N) is 1. The molecule has 1 aromatic carbocycles. The van der Waals surface area contributed by atoms with Crippen LogP contribution in [0.25, 0.3) is 32.4 Å². The molecule has 31 heavy (non-hydrogen) atoms. The summed E-state index contributed by atoms with van der Waals surface area (Å²) in [6, 6.07) is 11.2. The molecule has 9 heteroatoms. The van der Waals surface area contributed by atoms with Gasteiger partial charge in [-0.2, -0.15) is 0 Å². The van der Waals surface area contributed by atoms with Gasteiger partial charge in [0, 0.05) is 17.0 Å². The van der Waals surface area contributed by atoms with Crippen molar-refractivity contribution in [3.63, 3.8) is 0 Å². The molecule has 4 heterocycles. The minimum Gasteiger partial charge on any atom is -0.464 e. The Kier molecular flexibility index (Phi) is 4.32. The van der Waals surface area contributed by atoms with Crippen LogP contribution in [0.1, 0.15) is 24.7 Å². The first-order valence-electron chi connectivity index (χ1n) is 9.87. The summed E-state index contributed by atoms with van der Waals surface area (Å²) in [6.45, 7) is 0. The number of furan rings is 1. The predicted molar refractivity (Wildman–Crippen MR) is 122 cm³/mol. The smallest absolute Gasteiger partial charge is 0.262 e. The molecule has 1 fully saturated rings. The number of aromatic nitrogens is 4. The Morgan fingerprint density at radius 3 is 2.84 bits per heavy atom. The summed E-state index contributed by atoms with van der Waals surface area (Å²) in [5, 5.41) is 3.72. The lowest BCUT2D eigenvalue weighted by molar-refractivity contribution is 0.583. The number of benzene rings is 1. The van der Waals surface area contributed by atoms with Crippen LogP contribution in [0, 0.1) is 0 Å². The maximum atomic E-state index is 13.0. The van der Waals surface area contributed by atoms with E-state index in [-0.39, 0.29) is 17.2 Å². The summed E-state index contributed by atoms with van der Waals surface area (Å²) >= 11 is 2.84. The first-order chi connectivity index (χ1) is 15.2. The Balaban J connectivity index is 1.37. The standard InChI is InChI=1S/C22H16N4O3S2/c27-19-18-14(16-6-3-9-29-16)10-30-20(18)25-17(24-19)11-31-22-23-15-5-2-1-4-13(15)21(28)26(22)12-7-8-12/h1-6,9-10,12H,7-8,11H2,(H,24,25,27). The maximum absolute atomic E-state index is 13.0. The van der Waals surface area contributed by atoms with Gasteiger partial charge in [0.1, 0.15) is 16.4 Å². The van der Waals surface area contributed by atoms with Crippen LogP contribution >= 0.6 is 23.1 Å². The fourth-order valence-electron chi connectivity index (χ4n) is 3.69. The van der Waals surface area contributed by atoms with Gasteiger partial charge in [-0.25, -0.2) is 9.97 Å². The molecule has 1 aliphatic carbocycles. The van der Waals surface area contributed by atoms with Crippen LogP contribution in [0.5, 0.6) is 0 Å². The van der Waals surface area contributed by atoms with Crippen molar-refractivity contribution in [2.75, 3.05) is 0 Å². The molecule has 0 spiro atoms. The molecule has 0 amide bonds. The number of aromatic amines is 1. The van der Waals surface area contributed by atoms with Crippen LogP contribution in [0.4, 0.5) is 0 Å². The summed E-state index contributed by atoms with van der Waals surface area (Å²) in [4.78, 5) is 38.7. The summed E-state index contributed by atoms with van der Waals surface area (Å²) in [6.07, 6.45) is 3.56. The number of fused-ring (bicyclic) bond motifs is 2. The number of para-hydroxylation sites is 1. The molecule has 0 bridgehead atoms. The average Bonchev–Trinajstić information content (AvgIpc) is 3.28. The number of nitrogens with zero attached hydrogens (tertiary/aromatic N) is 3. The minimum atomic E-state index is -0.195. The minimum absolute atomic E-state index is 0.00569. The second-order valence-electron chi connectivity index (χ2n) is 7.43. The van der Waals surface area contributed by atoms with Crippen LogP contribution in [0.3, 0.4) is 0 Å². The molecule has 5 aromatic rings. The molecule has 0 radical (unpaired) electrons. The second-order valence-corrected chi connectivity index (χ2v) is 9.23. The fourth-order valence-corrected chi connectivity index (χ4v) is 5.57. The van der Waals surface area contributed by atoms with Crippen molar-refractivity contribution in [3.8, 4) is 11.3 Å². The van der Waals surface area contributed by atoms with Gasteiger partial charge < -0.3 is 9.40 Å². The zero-order valence-corrected chi connectivity index (χ0v) is 17.8. The number of thioether (sulfide) groups is 1. The fraction of sp³-hybridized carbons (Fsp3) is 0.182. The third-order valence-corrected chi connectivity index (χ3v) is 7.14. The normalized spacial score (nSPS) is 13.9. The van der Waals surface area contributed by atoms with Crippen LogP contribution in [0.2, 0.25) is 0 Å². The number of hydrogen-bond donors (Lipinski definition) is 1. The van der Waals surface area contributed by atoms with Crippen molar-refractivity contribution < 1.29 is 4.42 Å². The van der Waals surface area contributed by atoms with Gasteiger partial charge in [0.25, 0.3) is 11.1 Å². The number of H-pyrrole nitrogens is 1. The van der Waals surface area contributed by atoms with Gasteiger partial charge in [-0.3, -0.25) is 14.2 Å². The third kappa shape index (κ3) is 3.21. The first-order valence-corrected chi connectivity index (χ1v) is 11.7. The van der Waals surface area contributed by atoms with E-state index in [1.807, 2.05) is 35.7 Å². The number of hydrogen-bond acceptors (Lipinski definition) is 7. The summed E-state index contributed by atoms with van der Waals surface area (Å²) in [5.74, 6) is 1.62. The molecule has 0 unspecified atom stereocenters. The van der Waals surface area contributed by atoms with Crippen LogP contribution in [0.15, 0.2) is 67.2 Å². The van der Waals surface area contributed by atoms with Crippen LogP contribution in [-0.4, -0.2) is 19.5 Å². The van der Waals surface area contributed by atoms with E-state index in [2.05, 4.69) is 9.97 Å². The Labute approximate surface area is 183 Å². The van der Waals surface area contributed by atoms with Gasteiger partial charge in [-0.05, 0) is 37.1 Å². The lowest BCUT2D eigenvalue weighted by atomic mass is 10.2. The zero-order chi connectivity index (χ0) is 20.9. The Morgan fingerprint density at radius 2 is 2.03 bits per heavy atom. The van der Waals surface area contributed by atoms with E-state index in [1.54, 1.807) is 16.9 Å². The average molecular weight is 449 g/mol. The van der Waals surface area contributed by atoms with E-state index >= 15 is 0 Å². The monoisotopic (exact) mass is 448 g/mol. The molecule has 6 rings (SSSR count). The van der Waals surface area contributed by atoms with Crippen LogP contribution in [-0.2, 0) is 5.75 Å². The van der Waals surface area contributed by atoms with E-state index in [0.717, 1.165) is 18.4 Å². The Bertz CT molecular complexity index is 1550. The van der Waals surface area contributed by atoms with Gasteiger partial charge in [0.05, 0.1) is 28.3 Å². The highest BCUT2D eigenvalue weighted by Gasteiger charge is 2.28. The molecule has 4 aromatic heterocycles. The van der Waals surface area contributed by atoms with E-state index in [9.17, 15) is 9.59 Å². The summed E-state index contributed by atoms with van der Waals surface area (Å²) in [5.41, 5.74) is 1.23. The van der Waals surface area contributed by atoms with E-state index in [0.29, 0.717) is 43.6 Å². The summed E-state index contributed by atoms with van der Waals surface area (Å²) in [7, 11) is 0. The van der Waals surface area contributed by atoms with Crippen LogP contribution < -0.4 is 11.1 Å². The SMILES string of the molecule is O=c1[nH]c(CSc2nc3ccccc3c(=O)n2C2CC2)nc2scc(-c3ccco3)c12. The molecular formula is C22H16N4O3S2. The molecule has 1 saturated carbocycles. The maximum Gasteiger partial charge on any atom is 0.262 e. The molecule has 0 aliphatic heterocycles. The van der Waals surface area contributed by atoms with Crippen molar-refractivity contribution in [1.82, 2.24) is 19.5 Å². The lowest BCUT2D eigenvalue weighted by Crippen LogP contribution is -2.22. The number of rotatable bonds is 5. The van der Waals surface area contributed by atoms with Gasteiger partial charge in [0.15, 0.2) is 5.16 Å². The van der Waals surface area contributed by atoms with E-state index in [1.165, 1.54) is 23.1 Å². The van der Waals surface area contributed by atoms with Crippen molar-refractivity contribution in [1.29, 1.82) is 0 Å². The van der Waals surface area contributed by atoms with Gasteiger partial charge >= 0.3 is 0 Å². The number of thiophene rings is 1. The molecular weight excluding hydrogens is 432 g/mol. The third-order valence-electron chi connectivity index (χ3n) is 5.31. The van der Waals surface area contributed by atoms with Gasteiger partial charge in [-0.1, -0.05) is 23.9 Å². The Hall–Kier alpha value is -3.17. The molecule has 0 saturated heterocycles. The highest BCUT2D eigenvalue weighted by atomic mass is 32.2. The van der Waals surface area contributed by atoms with Gasteiger partial charge in [0.2, 0.25) is 0 Å². The largest absolute Gasteiger partial charge is 0.464 e. The van der Waals surface area contributed by atoms with E-state index in [4.69, 9.17) is 9.40 Å². The summed E-state index contributed by atoms with van der Waals surface area (Å²) < 4.78 is 7.24. The molecule has 154 valence electrons. The van der Waals surface area contributed by atoms with Crippen molar-refractivity contribution in [2.24, 2.45) is 0 Å². The predicted octanol–water partition coefficient (Wildman–Crippen LogP) is 4.58. The molecule has 1 N–H and O–H groups in total. The molecule has 7 nitrogen and oxygen atoms in total. The second kappa shape index (κ2) is 7.21. The van der Waals surface area contributed by atoms with Gasteiger partial charge in [-0.15, -0.1) is 11.3 Å². The Morgan fingerprint density at radius 1 is 1.16 bits per heavy atom. The zero-order valence-electron chi connectivity index (χ0n) is 16.2. The van der Waals surface area contributed by atoms with Crippen molar-refractivity contribution >= 4 is 44.2 Å². The van der Waals surface area contributed by atoms with Crippen molar-refractivity contribution in [3.05, 3.63) is 74.6 Å². The molecule has 0 atom stereocenters. The van der Waals surface area contributed by atoms with E-state index < -0.39 is 0 Å². The first kappa shape index (κ1) is 18.6. The molecule has 1 aliphatic rings. The highest BCUT2D eigenvalue weighted by Crippen LogP contribution is 2.37. The van der Waals surface area contributed by atoms with Crippen molar-refractivity contribution in [2.45, 2.75) is 29.8 Å². The quantitative estimate of drug-likeness (QED) is 0.312. The lowest BCUT2D eigenvalue weighted by Gasteiger charge is -2.12.